The van der Waals surface area contributed by atoms with Gasteiger partial charge in [0.2, 0.25) is 5.78 Å². The molecule has 1 unspecified atom stereocenters. The van der Waals surface area contributed by atoms with Crippen LogP contribution in [0, 0.1) is 0 Å². The van der Waals surface area contributed by atoms with E-state index in [2.05, 4.69) is 4.74 Å². The lowest BCUT2D eigenvalue weighted by Crippen LogP contribution is -2.20. The van der Waals surface area contributed by atoms with Gasteiger partial charge < -0.3 is 4.74 Å². The molecule has 0 saturated heterocycles. The minimum atomic E-state index is -2.18. The highest BCUT2D eigenvalue weighted by molar-refractivity contribution is 5.91. The predicted molar refractivity (Wildman–Crippen MR) is 47.4 cm³/mol. The lowest BCUT2D eigenvalue weighted by Gasteiger charge is -2.06. The van der Waals surface area contributed by atoms with Gasteiger partial charge in [-0.1, -0.05) is 18.2 Å². The number of carbonyl (C=O) groups is 2. The summed E-state index contributed by atoms with van der Waals surface area (Å²) < 4.78 is 16.9. The molecule has 0 N–H and O–H groups in total. The minimum Gasteiger partial charge on any atom is -0.420 e. The third-order valence-electron chi connectivity index (χ3n) is 1.54. The van der Waals surface area contributed by atoms with Crippen LogP contribution >= 0.6 is 0 Å². The minimum absolute atomic E-state index is 0.219. The number of alkyl halides is 1. The highest BCUT2D eigenvalue weighted by Crippen LogP contribution is 2.05. The van der Waals surface area contributed by atoms with Crippen molar-refractivity contribution in [3.05, 3.63) is 35.9 Å². The summed E-state index contributed by atoms with van der Waals surface area (Å²) in [6.45, 7) is 1.02. The molecule has 1 rings (SSSR count). The van der Waals surface area contributed by atoms with Crippen molar-refractivity contribution in [3.63, 3.8) is 0 Å². The second-order valence-corrected chi connectivity index (χ2v) is 2.70. The number of Topliss-reactive ketones (excluding diaryl/α,β-unsaturated/α-hetero) is 1. The standard InChI is InChI=1S/C10H9FO3/c1-7(12)9(11)14-10(13)8-5-3-2-4-6-8/h2-6,9H,1H3. The molecule has 1 aromatic rings. The van der Waals surface area contributed by atoms with Crippen molar-refractivity contribution in [3.8, 4) is 0 Å². The Morgan fingerprint density at radius 1 is 1.29 bits per heavy atom. The fourth-order valence-electron chi connectivity index (χ4n) is 0.819. The SMILES string of the molecule is CC(=O)C(F)OC(=O)c1ccccc1. The third kappa shape index (κ3) is 2.65. The number of rotatable bonds is 3. The van der Waals surface area contributed by atoms with Crippen LogP contribution < -0.4 is 0 Å². The van der Waals surface area contributed by atoms with Gasteiger partial charge in [0.05, 0.1) is 5.56 Å². The molecule has 0 aliphatic heterocycles. The Bertz CT molecular complexity index is 334. The quantitative estimate of drug-likeness (QED) is 0.691. The first kappa shape index (κ1) is 10.4. The number of hydrogen-bond donors (Lipinski definition) is 0. The summed E-state index contributed by atoms with van der Waals surface area (Å²) in [5.74, 6) is -1.66. The summed E-state index contributed by atoms with van der Waals surface area (Å²) >= 11 is 0. The highest BCUT2D eigenvalue weighted by Gasteiger charge is 2.18. The third-order valence-corrected chi connectivity index (χ3v) is 1.54. The number of hydrogen-bond acceptors (Lipinski definition) is 3. The summed E-state index contributed by atoms with van der Waals surface area (Å²) in [5, 5.41) is 0. The maximum atomic E-state index is 12.7. The first-order valence-corrected chi connectivity index (χ1v) is 4.02. The predicted octanol–water partition coefficient (Wildman–Crippen LogP) is 1.73. The van der Waals surface area contributed by atoms with E-state index >= 15 is 0 Å². The van der Waals surface area contributed by atoms with Crippen LogP contribution in [-0.4, -0.2) is 18.1 Å². The average Bonchev–Trinajstić information content (AvgIpc) is 2.19. The lowest BCUT2D eigenvalue weighted by atomic mass is 10.2. The van der Waals surface area contributed by atoms with Gasteiger partial charge in [0.1, 0.15) is 0 Å². The molecule has 0 heterocycles. The molecule has 0 bridgehead atoms. The van der Waals surface area contributed by atoms with Gasteiger partial charge in [0.15, 0.2) is 0 Å². The van der Waals surface area contributed by atoms with E-state index in [1.165, 1.54) is 12.1 Å². The summed E-state index contributed by atoms with van der Waals surface area (Å²) in [5.41, 5.74) is 0.219. The topological polar surface area (TPSA) is 43.4 Å². The van der Waals surface area contributed by atoms with Crippen molar-refractivity contribution in [2.75, 3.05) is 0 Å². The van der Waals surface area contributed by atoms with Gasteiger partial charge in [-0.3, -0.25) is 4.79 Å². The van der Waals surface area contributed by atoms with E-state index < -0.39 is 18.1 Å². The monoisotopic (exact) mass is 196 g/mol. The molecule has 1 aromatic carbocycles. The van der Waals surface area contributed by atoms with Crippen LogP contribution in [0.25, 0.3) is 0 Å². The van der Waals surface area contributed by atoms with E-state index in [9.17, 15) is 14.0 Å². The fraction of sp³-hybridized carbons (Fsp3) is 0.200. The molecule has 0 fully saturated rings. The summed E-state index contributed by atoms with van der Waals surface area (Å²) in [4.78, 5) is 21.6. The number of esters is 1. The Balaban J connectivity index is 2.64. The van der Waals surface area contributed by atoms with E-state index in [1.807, 2.05) is 0 Å². The largest absolute Gasteiger partial charge is 0.420 e. The average molecular weight is 196 g/mol. The molecule has 14 heavy (non-hydrogen) atoms. The maximum absolute atomic E-state index is 12.7. The van der Waals surface area contributed by atoms with Crippen molar-refractivity contribution in [1.29, 1.82) is 0 Å². The van der Waals surface area contributed by atoms with E-state index in [4.69, 9.17) is 0 Å². The lowest BCUT2D eigenvalue weighted by molar-refractivity contribution is -0.134. The molecule has 0 radical (unpaired) electrons. The zero-order valence-corrected chi connectivity index (χ0v) is 7.57. The van der Waals surface area contributed by atoms with Gasteiger partial charge >= 0.3 is 5.97 Å². The van der Waals surface area contributed by atoms with Crippen molar-refractivity contribution < 1.29 is 18.7 Å². The van der Waals surface area contributed by atoms with Gasteiger partial charge in [0, 0.05) is 6.92 Å². The Morgan fingerprint density at radius 3 is 2.36 bits per heavy atom. The van der Waals surface area contributed by atoms with Gasteiger partial charge in [-0.15, -0.1) is 0 Å². The first-order valence-electron chi connectivity index (χ1n) is 4.02. The van der Waals surface area contributed by atoms with Gasteiger partial charge in [-0.25, -0.2) is 4.79 Å². The molecular weight excluding hydrogens is 187 g/mol. The molecule has 0 aliphatic rings. The van der Waals surface area contributed by atoms with Crippen LogP contribution in [-0.2, 0) is 9.53 Å². The van der Waals surface area contributed by atoms with E-state index in [0.29, 0.717) is 0 Å². The first-order chi connectivity index (χ1) is 6.61. The number of benzene rings is 1. The van der Waals surface area contributed by atoms with E-state index in [1.54, 1.807) is 18.2 Å². The summed E-state index contributed by atoms with van der Waals surface area (Å²) in [7, 11) is 0. The molecule has 0 saturated carbocycles. The van der Waals surface area contributed by atoms with Crippen LogP contribution in [0.2, 0.25) is 0 Å². The van der Waals surface area contributed by atoms with Gasteiger partial charge in [-0.05, 0) is 12.1 Å². The highest BCUT2D eigenvalue weighted by atomic mass is 19.1. The molecule has 0 spiro atoms. The number of halogens is 1. The van der Waals surface area contributed by atoms with Crippen LogP contribution in [0.15, 0.2) is 30.3 Å². The van der Waals surface area contributed by atoms with Crippen LogP contribution in [0.3, 0.4) is 0 Å². The second kappa shape index (κ2) is 4.50. The molecular formula is C10H9FO3. The van der Waals surface area contributed by atoms with Crippen molar-refractivity contribution in [2.24, 2.45) is 0 Å². The zero-order valence-electron chi connectivity index (χ0n) is 7.57. The van der Waals surface area contributed by atoms with Gasteiger partial charge in [-0.2, -0.15) is 4.39 Å². The van der Waals surface area contributed by atoms with E-state index in [-0.39, 0.29) is 5.56 Å². The zero-order chi connectivity index (χ0) is 10.6. The molecule has 0 amide bonds. The van der Waals surface area contributed by atoms with Crippen molar-refractivity contribution >= 4 is 11.8 Å². The number of carbonyl (C=O) groups excluding carboxylic acids is 2. The van der Waals surface area contributed by atoms with Crippen LogP contribution in [0.4, 0.5) is 4.39 Å². The summed E-state index contributed by atoms with van der Waals surface area (Å²) in [6.07, 6.45) is -2.18. The Labute approximate surface area is 80.5 Å². The molecule has 0 aliphatic carbocycles. The summed E-state index contributed by atoms with van der Waals surface area (Å²) in [6, 6.07) is 7.92. The maximum Gasteiger partial charge on any atom is 0.341 e. The second-order valence-electron chi connectivity index (χ2n) is 2.70. The Morgan fingerprint density at radius 2 is 1.86 bits per heavy atom. The molecule has 74 valence electrons. The van der Waals surface area contributed by atoms with Gasteiger partial charge in [0.25, 0.3) is 6.36 Å². The van der Waals surface area contributed by atoms with Crippen LogP contribution in [0.5, 0.6) is 0 Å². The van der Waals surface area contributed by atoms with Crippen LogP contribution in [0.1, 0.15) is 17.3 Å². The van der Waals surface area contributed by atoms with Crippen molar-refractivity contribution in [2.45, 2.75) is 13.3 Å². The molecule has 3 nitrogen and oxygen atoms in total. The van der Waals surface area contributed by atoms with E-state index in [0.717, 1.165) is 6.92 Å². The molecule has 1 atom stereocenters. The normalized spacial score (nSPS) is 11.9. The molecule has 4 heteroatoms. The Hall–Kier alpha value is -1.71. The van der Waals surface area contributed by atoms with Crippen molar-refractivity contribution in [1.82, 2.24) is 0 Å². The fourth-order valence-corrected chi connectivity index (χ4v) is 0.819. The number of ether oxygens (including phenoxy) is 1. The smallest absolute Gasteiger partial charge is 0.341 e. The molecule has 0 aromatic heterocycles. The number of ketones is 1. The Kier molecular flexibility index (Phi) is 3.34.